The lowest BCUT2D eigenvalue weighted by atomic mass is 10.1. The molecule has 0 saturated heterocycles. The highest BCUT2D eigenvalue weighted by atomic mass is 16.5. The summed E-state index contributed by atoms with van der Waals surface area (Å²) in [5.74, 6) is -0.138. The molecule has 0 bridgehead atoms. The maximum atomic E-state index is 12.7. The second-order valence-corrected chi connectivity index (χ2v) is 9.05. The van der Waals surface area contributed by atoms with Crippen LogP contribution in [0.1, 0.15) is 21.6 Å². The molecule has 1 aromatic heterocycles. The molecule has 40 heavy (non-hydrogen) atoms. The van der Waals surface area contributed by atoms with E-state index in [1.165, 1.54) is 6.21 Å². The minimum absolute atomic E-state index is 0.161. The number of aryl methyl sites for hydroxylation is 1. The number of hydrazone groups is 1. The summed E-state index contributed by atoms with van der Waals surface area (Å²) in [6.45, 7) is 1.89. The van der Waals surface area contributed by atoms with Crippen molar-refractivity contribution in [2.45, 2.75) is 6.92 Å². The summed E-state index contributed by atoms with van der Waals surface area (Å²) in [7, 11) is 0. The van der Waals surface area contributed by atoms with Gasteiger partial charge >= 0.3 is 0 Å². The zero-order valence-electron chi connectivity index (χ0n) is 22.0. The molecule has 5 aromatic rings. The maximum absolute atomic E-state index is 12.7. The highest BCUT2D eigenvalue weighted by Gasteiger charge is 2.11. The van der Waals surface area contributed by atoms with Crippen molar-refractivity contribution in [3.05, 3.63) is 138 Å². The van der Waals surface area contributed by atoms with Crippen LogP contribution >= 0.6 is 0 Å². The van der Waals surface area contributed by atoms with Gasteiger partial charge in [-0.15, -0.1) is 0 Å². The fourth-order valence-electron chi connectivity index (χ4n) is 4.28. The Balaban J connectivity index is 1.21. The second kappa shape index (κ2) is 12.4. The highest BCUT2D eigenvalue weighted by molar-refractivity contribution is 5.95. The van der Waals surface area contributed by atoms with Gasteiger partial charge < -0.3 is 14.6 Å². The highest BCUT2D eigenvalue weighted by Crippen LogP contribution is 2.26. The van der Waals surface area contributed by atoms with Gasteiger partial charge in [0, 0.05) is 28.2 Å². The van der Waals surface area contributed by atoms with Gasteiger partial charge in [-0.3, -0.25) is 9.59 Å². The van der Waals surface area contributed by atoms with Crippen LogP contribution in [0.5, 0.6) is 5.75 Å². The minimum atomic E-state index is -0.337. The van der Waals surface area contributed by atoms with Crippen LogP contribution in [-0.2, 0) is 4.79 Å². The number of rotatable bonds is 9. The average molecular weight is 529 g/mol. The summed E-state index contributed by atoms with van der Waals surface area (Å²) in [5, 5.41) is 6.88. The molecule has 0 aliphatic rings. The third-order valence-electron chi connectivity index (χ3n) is 6.24. The number of carbonyl (C=O) groups excluding carboxylic acids is 2. The van der Waals surface area contributed by atoms with Crippen molar-refractivity contribution in [2.75, 3.05) is 11.9 Å². The van der Waals surface area contributed by atoms with Crippen LogP contribution in [0.4, 0.5) is 5.69 Å². The number of nitrogens with zero attached hydrogens (tertiary/aromatic N) is 2. The normalized spacial score (nSPS) is 10.8. The van der Waals surface area contributed by atoms with Crippen LogP contribution in [0.25, 0.3) is 16.9 Å². The van der Waals surface area contributed by atoms with Gasteiger partial charge in [0.05, 0.1) is 11.9 Å². The van der Waals surface area contributed by atoms with Crippen molar-refractivity contribution in [1.29, 1.82) is 0 Å². The van der Waals surface area contributed by atoms with Gasteiger partial charge in [-0.2, -0.15) is 5.10 Å². The van der Waals surface area contributed by atoms with Gasteiger partial charge in [-0.1, -0.05) is 60.7 Å². The average Bonchev–Trinajstić information content (AvgIpc) is 3.39. The van der Waals surface area contributed by atoms with Crippen LogP contribution in [0, 0.1) is 6.92 Å². The van der Waals surface area contributed by atoms with E-state index in [1.807, 2.05) is 54.6 Å². The maximum Gasteiger partial charge on any atom is 0.271 e. The number of carbonyl (C=O) groups is 2. The number of benzene rings is 4. The van der Waals surface area contributed by atoms with E-state index >= 15 is 0 Å². The van der Waals surface area contributed by atoms with E-state index in [0.717, 1.165) is 22.6 Å². The Bertz CT molecular complexity index is 1630. The smallest absolute Gasteiger partial charge is 0.271 e. The third-order valence-corrected chi connectivity index (χ3v) is 6.24. The largest absolute Gasteiger partial charge is 0.483 e. The van der Waals surface area contributed by atoms with Crippen molar-refractivity contribution in [3.63, 3.8) is 0 Å². The van der Waals surface area contributed by atoms with E-state index in [-0.39, 0.29) is 18.4 Å². The molecule has 0 aliphatic carbocycles. The van der Waals surface area contributed by atoms with Gasteiger partial charge in [0.2, 0.25) is 0 Å². The fourth-order valence-corrected chi connectivity index (χ4v) is 4.28. The standard InChI is InChI=1S/C33H28N4O3/c1-24-16-21-30(25-10-4-2-5-11-25)37(24)29-19-17-26(18-20-29)33(39)36-34-22-27-12-8-9-15-31(27)40-23-32(38)35-28-13-6-3-7-14-28/h2-22H,23H2,1H3,(H,35,38)(H,36,39)/b34-22+. The molecule has 0 unspecified atom stereocenters. The minimum Gasteiger partial charge on any atom is -0.483 e. The Morgan fingerprint density at radius 1 is 0.800 bits per heavy atom. The summed E-state index contributed by atoms with van der Waals surface area (Å²) in [6.07, 6.45) is 1.49. The topological polar surface area (TPSA) is 84.7 Å². The molecule has 5 rings (SSSR count). The fraction of sp³-hybridized carbons (Fsp3) is 0.0606. The molecular formula is C33H28N4O3. The number of para-hydroxylation sites is 2. The summed E-state index contributed by atoms with van der Waals surface area (Å²) >= 11 is 0. The molecule has 2 amide bonds. The van der Waals surface area contributed by atoms with E-state index in [9.17, 15) is 9.59 Å². The molecule has 0 radical (unpaired) electrons. The Morgan fingerprint density at radius 2 is 1.48 bits per heavy atom. The van der Waals surface area contributed by atoms with Crippen LogP contribution in [0.3, 0.4) is 0 Å². The van der Waals surface area contributed by atoms with E-state index < -0.39 is 0 Å². The molecule has 4 aromatic carbocycles. The third kappa shape index (κ3) is 6.34. The molecule has 7 heteroatoms. The number of ether oxygens (including phenoxy) is 1. The van der Waals surface area contributed by atoms with E-state index in [0.29, 0.717) is 22.6 Å². The van der Waals surface area contributed by atoms with Crippen LogP contribution in [0.15, 0.2) is 126 Å². The number of hydrogen-bond donors (Lipinski definition) is 2. The van der Waals surface area contributed by atoms with Crippen molar-refractivity contribution in [1.82, 2.24) is 9.99 Å². The first-order chi connectivity index (χ1) is 19.6. The Morgan fingerprint density at radius 3 is 2.23 bits per heavy atom. The van der Waals surface area contributed by atoms with Gasteiger partial charge in [0.25, 0.3) is 11.8 Å². The van der Waals surface area contributed by atoms with Crippen LogP contribution in [-0.4, -0.2) is 29.2 Å². The molecule has 0 saturated carbocycles. The molecule has 0 aliphatic heterocycles. The van der Waals surface area contributed by atoms with E-state index in [1.54, 1.807) is 42.5 Å². The summed E-state index contributed by atoms with van der Waals surface area (Å²) in [4.78, 5) is 25.0. The summed E-state index contributed by atoms with van der Waals surface area (Å²) < 4.78 is 7.85. The molecule has 198 valence electrons. The number of aromatic nitrogens is 1. The van der Waals surface area contributed by atoms with E-state index in [2.05, 4.69) is 51.6 Å². The SMILES string of the molecule is Cc1ccc(-c2ccccc2)n1-c1ccc(C(=O)N/N=C/c2ccccc2OCC(=O)Nc2ccccc2)cc1. The van der Waals surface area contributed by atoms with Crippen molar-refractivity contribution < 1.29 is 14.3 Å². The molecule has 0 atom stereocenters. The Hall–Kier alpha value is -5.43. The molecule has 7 nitrogen and oxygen atoms in total. The Labute approximate surface area is 232 Å². The van der Waals surface area contributed by atoms with Gasteiger partial charge in [0.15, 0.2) is 6.61 Å². The first-order valence-corrected chi connectivity index (χ1v) is 12.8. The molecule has 0 fully saturated rings. The zero-order chi connectivity index (χ0) is 27.7. The molecular weight excluding hydrogens is 500 g/mol. The predicted molar refractivity (Wildman–Crippen MR) is 158 cm³/mol. The number of amides is 2. The molecule has 2 N–H and O–H groups in total. The number of anilines is 1. The van der Waals surface area contributed by atoms with E-state index in [4.69, 9.17) is 4.74 Å². The lowest BCUT2D eigenvalue weighted by molar-refractivity contribution is -0.118. The second-order valence-electron chi connectivity index (χ2n) is 9.05. The van der Waals surface area contributed by atoms with Crippen molar-refractivity contribution in [3.8, 4) is 22.7 Å². The van der Waals surface area contributed by atoms with Crippen LogP contribution in [0.2, 0.25) is 0 Å². The van der Waals surface area contributed by atoms with Crippen molar-refractivity contribution >= 4 is 23.7 Å². The first-order valence-electron chi connectivity index (χ1n) is 12.8. The van der Waals surface area contributed by atoms with Gasteiger partial charge in [-0.25, -0.2) is 5.43 Å². The number of nitrogens with one attached hydrogen (secondary N) is 2. The summed E-state index contributed by atoms with van der Waals surface area (Å²) in [5.41, 5.74) is 8.63. The quantitative estimate of drug-likeness (QED) is 0.176. The molecule has 0 spiro atoms. The lowest BCUT2D eigenvalue weighted by Gasteiger charge is -2.13. The lowest BCUT2D eigenvalue weighted by Crippen LogP contribution is -2.20. The van der Waals surface area contributed by atoms with Gasteiger partial charge in [0.1, 0.15) is 5.75 Å². The number of hydrogen-bond acceptors (Lipinski definition) is 4. The molecule has 1 heterocycles. The van der Waals surface area contributed by atoms with Gasteiger partial charge in [-0.05, 0) is 73.2 Å². The first kappa shape index (κ1) is 26.2. The Kier molecular flexibility index (Phi) is 8.12. The van der Waals surface area contributed by atoms with Crippen LogP contribution < -0.4 is 15.5 Å². The summed E-state index contributed by atoms with van der Waals surface area (Å²) in [6, 6.07) is 38.1. The van der Waals surface area contributed by atoms with Crippen molar-refractivity contribution in [2.24, 2.45) is 5.10 Å². The zero-order valence-corrected chi connectivity index (χ0v) is 22.0. The predicted octanol–water partition coefficient (Wildman–Crippen LogP) is 6.23. The monoisotopic (exact) mass is 528 g/mol.